The van der Waals surface area contributed by atoms with Crippen molar-refractivity contribution in [2.45, 2.75) is 46.1 Å². The maximum absolute atomic E-state index is 12.4. The van der Waals surface area contributed by atoms with E-state index in [0.29, 0.717) is 11.3 Å². The average Bonchev–Trinajstić information content (AvgIpc) is 2.99. The van der Waals surface area contributed by atoms with Crippen LogP contribution in [0.4, 0.5) is 0 Å². The highest BCUT2D eigenvalue weighted by atomic mass is 16.5. The van der Waals surface area contributed by atoms with Gasteiger partial charge in [0.25, 0.3) is 11.8 Å². The van der Waals surface area contributed by atoms with Crippen LogP contribution in [0.25, 0.3) is 0 Å². The number of benzene rings is 1. The van der Waals surface area contributed by atoms with Crippen molar-refractivity contribution in [1.29, 1.82) is 0 Å². The van der Waals surface area contributed by atoms with Crippen LogP contribution >= 0.6 is 0 Å². The summed E-state index contributed by atoms with van der Waals surface area (Å²) in [7, 11) is 0. The molecule has 27 heavy (non-hydrogen) atoms. The third-order valence-electron chi connectivity index (χ3n) is 5.09. The molecular formula is C21H27N3O3. The van der Waals surface area contributed by atoms with Crippen LogP contribution in [0.1, 0.15) is 47.9 Å². The van der Waals surface area contributed by atoms with Gasteiger partial charge in [0.1, 0.15) is 5.75 Å². The van der Waals surface area contributed by atoms with Gasteiger partial charge in [-0.25, -0.2) is 0 Å². The predicted octanol–water partition coefficient (Wildman–Crippen LogP) is 3.27. The molecule has 0 saturated carbocycles. The van der Waals surface area contributed by atoms with E-state index < -0.39 is 0 Å². The molecule has 1 aliphatic heterocycles. The normalized spacial score (nSPS) is 16.9. The molecule has 1 fully saturated rings. The Morgan fingerprint density at radius 2 is 1.74 bits per heavy atom. The molecule has 0 radical (unpaired) electrons. The number of carbonyl (C=O) groups is 2. The van der Waals surface area contributed by atoms with Crippen molar-refractivity contribution < 1.29 is 14.3 Å². The number of hydrogen-bond acceptors (Lipinski definition) is 3. The zero-order valence-electron chi connectivity index (χ0n) is 16.2. The molecule has 3 rings (SSSR count). The van der Waals surface area contributed by atoms with Gasteiger partial charge in [-0.1, -0.05) is 0 Å². The van der Waals surface area contributed by atoms with E-state index in [-0.39, 0.29) is 24.5 Å². The molecular weight excluding hydrogens is 342 g/mol. The predicted molar refractivity (Wildman–Crippen MR) is 105 cm³/mol. The second kappa shape index (κ2) is 8.29. The van der Waals surface area contributed by atoms with Gasteiger partial charge in [-0.05, 0) is 76.4 Å². The number of hydrogen-bond donors (Lipinski definition) is 1. The van der Waals surface area contributed by atoms with Crippen LogP contribution in [0.2, 0.25) is 0 Å². The number of nitrogens with one attached hydrogen (secondary N) is 1. The van der Waals surface area contributed by atoms with Crippen LogP contribution in [-0.2, 0) is 4.79 Å². The number of piperidine rings is 1. The van der Waals surface area contributed by atoms with Crippen molar-refractivity contribution >= 4 is 11.8 Å². The minimum atomic E-state index is -0.192. The Morgan fingerprint density at radius 3 is 2.37 bits per heavy atom. The summed E-state index contributed by atoms with van der Waals surface area (Å²) >= 11 is 0. The first kappa shape index (κ1) is 19.0. The van der Waals surface area contributed by atoms with Gasteiger partial charge in [0.15, 0.2) is 6.61 Å². The summed E-state index contributed by atoms with van der Waals surface area (Å²) in [6, 6.07) is 11.0. The molecule has 1 aliphatic rings. The Labute approximate surface area is 160 Å². The lowest BCUT2D eigenvalue weighted by atomic mass is 10.0. The highest BCUT2D eigenvalue weighted by Gasteiger charge is 2.23. The van der Waals surface area contributed by atoms with Gasteiger partial charge in [0, 0.05) is 29.5 Å². The summed E-state index contributed by atoms with van der Waals surface area (Å²) in [5.41, 5.74) is 5.33. The number of nitrogens with zero attached hydrogens (tertiary/aromatic N) is 2. The van der Waals surface area contributed by atoms with Crippen molar-refractivity contribution in [2.75, 3.05) is 18.6 Å². The number of likely N-dealkylation sites (tertiary alicyclic amines) is 1. The minimum absolute atomic E-state index is 0.0163. The van der Waals surface area contributed by atoms with Crippen LogP contribution in [-0.4, -0.2) is 40.6 Å². The molecule has 6 heteroatoms. The van der Waals surface area contributed by atoms with Gasteiger partial charge in [0.05, 0.1) is 0 Å². The molecule has 0 bridgehead atoms. The topological polar surface area (TPSA) is 63.6 Å². The van der Waals surface area contributed by atoms with Gasteiger partial charge in [-0.2, -0.15) is 0 Å². The molecule has 0 unspecified atom stereocenters. The van der Waals surface area contributed by atoms with E-state index in [9.17, 15) is 9.59 Å². The molecule has 1 N–H and O–H groups in total. The van der Waals surface area contributed by atoms with Gasteiger partial charge in [-0.3, -0.25) is 19.7 Å². The van der Waals surface area contributed by atoms with Gasteiger partial charge in [0.2, 0.25) is 0 Å². The quantitative estimate of drug-likeness (QED) is 0.880. The second-order valence-corrected chi connectivity index (χ2v) is 7.14. The molecule has 2 aromatic rings. The molecule has 6 nitrogen and oxygen atoms in total. The van der Waals surface area contributed by atoms with Crippen LogP contribution in [0.3, 0.4) is 0 Å². The van der Waals surface area contributed by atoms with E-state index in [1.165, 1.54) is 6.42 Å². The highest BCUT2D eigenvalue weighted by Crippen LogP contribution is 2.18. The van der Waals surface area contributed by atoms with Gasteiger partial charge >= 0.3 is 0 Å². The Balaban J connectivity index is 1.55. The lowest BCUT2D eigenvalue weighted by Crippen LogP contribution is -2.44. The number of amides is 2. The van der Waals surface area contributed by atoms with Crippen molar-refractivity contribution in [3.05, 3.63) is 53.3 Å². The zero-order chi connectivity index (χ0) is 19.4. The van der Waals surface area contributed by atoms with E-state index in [0.717, 1.165) is 30.8 Å². The maximum atomic E-state index is 12.4. The Hall–Kier alpha value is -2.76. The third kappa shape index (κ3) is 4.51. The second-order valence-electron chi connectivity index (χ2n) is 7.14. The monoisotopic (exact) mass is 369 g/mol. The lowest BCUT2D eigenvalue weighted by molar-refractivity contribution is -0.136. The first-order chi connectivity index (χ1) is 13.0. The smallest absolute Gasteiger partial charge is 0.270 e. The Bertz CT molecular complexity index is 791. The molecule has 1 atom stereocenters. The summed E-state index contributed by atoms with van der Waals surface area (Å²) in [6.07, 6.45) is 3.29. The molecule has 2 heterocycles. The molecule has 1 aromatic carbocycles. The van der Waals surface area contributed by atoms with Crippen LogP contribution < -0.4 is 10.2 Å². The van der Waals surface area contributed by atoms with Gasteiger partial charge < -0.3 is 9.64 Å². The maximum Gasteiger partial charge on any atom is 0.270 e. The number of carbonyl (C=O) groups excluding carboxylic acids is 2. The molecule has 144 valence electrons. The SMILES string of the molecule is Cc1ccc(C)n1NC(=O)c1ccc(OCC(=O)N2CCCC[C@@H]2C)cc1. The van der Waals surface area contributed by atoms with Crippen LogP contribution in [0.15, 0.2) is 36.4 Å². The first-order valence-electron chi connectivity index (χ1n) is 9.44. The summed E-state index contributed by atoms with van der Waals surface area (Å²) in [5, 5.41) is 0. The molecule has 1 saturated heterocycles. The number of ether oxygens (including phenoxy) is 1. The summed E-state index contributed by atoms with van der Waals surface area (Å²) < 4.78 is 7.38. The number of aromatic nitrogens is 1. The largest absolute Gasteiger partial charge is 0.484 e. The molecule has 0 spiro atoms. The van der Waals surface area contributed by atoms with Crippen molar-refractivity contribution in [1.82, 2.24) is 9.58 Å². The van der Waals surface area contributed by atoms with E-state index in [1.54, 1.807) is 28.9 Å². The molecule has 0 aliphatic carbocycles. The van der Waals surface area contributed by atoms with E-state index >= 15 is 0 Å². The highest BCUT2D eigenvalue weighted by molar-refractivity contribution is 6.00. The fourth-order valence-corrected chi connectivity index (χ4v) is 3.41. The first-order valence-corrected chi connectivity index (χ1v) is 9.44. The Morgan fingerprint density at radius 1 is 1.07 bits per heavy atom. The zero-order valence-corrected chi connectivity index (χ0v) is 16.2. The van der Waals surface area contributed by atoms with Crippen LogP contribution in [0.5, 0.6) is 5.75 Å². The standard InChI is InChI=1S/C21H27N3O3/c1-15-6-4-5-13-23(15)20(25)14-27-19-11-9-18(10-12-19)21(26)22-24-16(2)7-8-17(24)3/h7-12,15H,4-6,13-14H2,1-3H3,(H,22,26)/t15-/m0/s1. The lowest BCUT2D eigenvalue weighted by Gasteiger charge is -2.33. The van der Waals surface area contributed by atoms with Gasteiger partial charge in [-0.15, -0.1) is 0 Å². The van der Waals surface area contributed by atoms with Crippen molar-refractivity contribution in [3.63, 3.8) is 0 Å². The Kier molecular flexibility index (Phi) is 5.84. The molecule has 2 amide bonds. The third-order valence-corrected chi connectivity index (χ3v) is 5.09. The average molecular weight is 369 g/mol. The van der Waals surface area contributed by atoms with Crippen LogP contribution in [0, 0.1) is 13.8 Å². The minimum Gasteiger partial charge on any atom is -0.484 e. The number of rotatable bonds is 5. The summed E-state index contributed by atoms with van der Waals surface area (Å²) in [6.45, 7) is 6.78. The number of aryl methyl sites for hydroxylation is 2. The summed E-state index contributed by atoms with van der Waals surface area (Å²) in [5.74, 6) is 0.405. The molecule has 1 aromatic heterocycles. The van der Waals surface area contributed by atoms with Crippen molar-refractivity contribution in [3.8, 4) is 5.75 Å². The van der Waals surface area contributed by atoms with E-state index in [2.05, 4.69) is 12.3 Å². The van der Waals surface area contributed by atoms with Crippen molar-refractivity contribution in [2.24, 2.45) is 0 Å². The van der Waals surface area contributed by atoms with E-state index in [4.69, 9.17) is 4.74 Å². The fraction of sp³-hybridized carbons (Fsp3) is 0.429. The van der Waals surface area contributed by atoms with E-state index in [1.807, 2.05) is 30.9 Å². The summed E-state index contributed by atoms with van der Waals surface area (Å²) in [4.78, 5) is 26.6. The fourth-order valence-electron chi connectivity index (χ4n) is 3.41.